The molecule has 2 saturated heterocycles. The number of aliphatic carboxylic acids is 1. The first-order chi connectivity index (χ1) is 11.2. The molecule has 0 amide bonds. The van der Waals surface area contributed by atoms with E-state index < -0.39 is 5.97 Å². The molecule has 2 aliphatic heterocycles. The zero-order valence-corrected chi connectivity index (χ0v) is 13.8. The van der Waals surface area contributed by atoms with E-state index in [-0.39, 0.29) is 5.92 Å². The second-order valence-electron chi connectivity index (χ2n) is 6.59. The highest BCUT2D eigenvalue weighted by atomic mass is 16.5. The molecule has 3 rings (SSSR count). The van der Waals surface area contributed by atoms with Crippen LogP contribution in [0.5, 0.6) is 5.75 Å². The predicted molar refractivity (Wildman–Crippen MR) is 90.1 cm³/mol. The van der Waals surface area contributed by atoms with Crippen molar-refractivity contribution in [1.29, 1.82) is 0 Å². The Kier molecular flexibility index (Phi) is 5.06. The van der Waals surface area contributed by atoms with Crippen LogP contribution in [-0.4, -0.2) is 49.3 Å². The van der Waals surface area contributed by atoms with E-state index in [1.165, 1.54) is 31.5 Å². The number of nitrogens with zero attached hydrogens (tertiary/aromatic N) is 2. The van der Waals surface area contributed by atoms with E-state index in [4.69, 9.17) is 9.84 Å². The number of likely N-dealkylation sites (tertiary alicyclic amines) is 1. The Balaban J connectivity index is 1.68. The van der Waals surface area contributed by atoms with Gasteiger partial charge in [0.15, 0.2) is 0 Å². The van der Waals surface area contributed by atoms with Gasteiger partial charge in [-0.1, -0.05) is 6.07 Å². The number of carboxylic acids is 1. The molecule has 0 radical (unpaired) electrons. The summed E-state index contributed by atoms with van der Waals surface area (Å²) in [5.74, 6) is 0.0275. The van der Waals surface area contributed by atoms with Gasteiger partial charge in [-0.15, -0.1) is 0 Å². The van der Waals surface area contributed by atoms with Gasteiger partial charge in [0.1, 0.15) is 5.75 Å². The summed E-state index contributed by atoms with van der Waals surface area (Å²) in [7, 11) is 1.71. The highest BCUT2D eigenvalue weighted by Gasteiger charge is 2.26. The minimum absolute atomic E-state index is 0.202. The maximum absolute atomic E-state index is 11.1. The van der Waals surface area contributed by atoms with Crippen LogP contribution in [0.15, 0.2) is 18.2 Å². The van der Waals surface area contributed by atoms with Crippen molar-refractivity contribution in [2.45, 2.75) is 32.2 Å². The summed E-state index contributed by atoms with van der Waals surface area (Å²) in [6, 6.07) is 6.45. The average molecular weight is 318 g/mol. The standard InChI is InChI=1S/C18H26N2O3/c1-23-17-12-14(13-19-8-2-3-9-19)4-5-16(17)20-10-6-15(7-11-20)18(21)22/h4-5,12,15H,2-3,6-11,13H2,1H3,(H,21,22). The highest BCUT2D eigenvalue weighted by molar-refractivity contribution is 5.70. The van der Waals surface area contributed by atoms with Gasteiger partial charge in [0.05, 0.1) is 18.7 Å². The van der Waals surface area contributed by atoms with Gasteiger partial charge >= 0.3 is 5.97 Å². The van der Waals surface area contributed by atoms with Crippen LogP contribution in [0.2, 0.25) is 0 Å². The molecule has 0 bridgehead atoms. The first kappa shape index (κ1) is 16.1. The van der Waals surface area contributed by atoms with Crippen molar-refractivity contribution >= 4 is 11.7 Å². The summed E-state index contributed by atoms with van der Waals surface area (Å²) < 4.78 is 5.60. The van der Waals surface area contributed by atoms with Crippen molar-refractivity contribution in [1.82, 2.24) is 4.90 Å². The van der Waals surface area contributed by atoms with E-state index >= 15 is 0 Å². The molecule has 126 valence electrons. The maximum atomic E-state index is 11.1. The van der Waals surface area contributed by atoms with Crippen LogP contribution in [-0.2, 0) is 11.3 Å². The molecular formula is C18H26N2O3. The lowest BCUT2D eigenvalue weighted by Gasteiger charge is -2.33. The van der Waals surface area contributed by atoms with Crippen LogP contribution in [0, 0.1) is 5.92 Å². The fraction of sp³-hybridized carbons (Fsp3) is 0.611. The minimum atomic E-state index is -0.669. The fourth-order valence-electron chi connectivity index (χ4n) is 3.65. The summed E-state index contributed by atoms with van der Waals surface area (Å²) in [5.41, 5.74) is 2.37. The van der Waals surface area contributed by atoms with E-state index in [9.17, 15) is 4.79 Å². The van der Waals surface area contributed by atoms with Gasteiger partial charge in [0.2, 0.25) is 0 Å². The molecule has 5 nitrogen and oxygen atoms in total. The number of ether oxygens (including phenoxy) is 1. The van der Waals surface area contributed by atoms with Crippen LogP contribution in [0.4, 0.5) is 5.69 Å². The number of piperidine rings is 1. The van der Waals surface area contributed by atoms with Crippen LogP contribution in [0.3, 0.4) is 0 Å². The molecule has 23 heavy (non-hydrogen) atoms. The summed E-state index contributed by atoms with van der Waals surface area (Å²) in [5, 5.41) is 9.12. The number of anilines is 1. The van der Waals surface area contributed by atoms with Gasteiger partial charge in [-0.05, 0) is 56.5 Å². The molecule has 1 aromatic rings. The molecule has 0 saturated carbocycles. The van der Waals surface area contributed by atoms with Gasteiger partial charge < -0.3 is 14.7 Å². The van der Waals surface area contributed by atoms with Crippen LogP contribution < -0.4 is 9.64 Å². The van der Waals surface area contributed by atoms with Gasteiger partial charge in [0, 0.05) is 19.6 Å². The van der Waals surface area contributed by atoms with Crippen LogP contribution in [0.25, 0.3) is 0 Å². The molecule has 0 aromatic heterocycles. The molecule has 0 unspecified atom stereocenters. The molecule has 0 aliphatic carbocycles. The molecule has 2 heterocycles. The van der Waals surface area contributed by atoms with E-state index in [1.54, 1.807) is 7.11 Å². The Bertz CT molecular complexity index is 547. The second kappa shape index (κ2) is 7.21. The van der Waals surface area contributed by atoms with Crippen molar-refractivity contribution < 1.29 is 14.6 Å². The van der Waals surface area contributed by atoms with Crippen molar-refractivity contribution in [2.24, 2.45) is 5.92 Å². The zero-order chi connectivity index (χ0) is 16.2. The molecule has 1 aromatic carbocycles. The lowest BCUT2D eigenvalue weighted by Crippen LogP contribution is -2.36. The predicted octanol–water partition coefficient (Wildman–Crippen LogP) is 2.59. The third-order valence-corrected chi connectivity index (χ3v) is 5.03. The van der Waals surface area contributed by atoms with Crippen molar-refractivity contribution in [3.8, 4) is 5.75 Å². The van der Waals surface area contributed by atoms with Gasteiger partial charge in [-0.3, -0.25) is 9.69 Å². The Morgan fingerprint density at radius 3 is 2.52 bits per heavy atom. The van der Waals surface area contributed by atoms with Gasteiger partial charge in [-0.2, -0.15) is 0 Å². The molecule has 0 atom stereocenters. The minimum Gasteiger partial charge on any atom is -0.495 e. The summed E-state index contributed by atoms with van der Waals surface area (Å²) >= 11 is 0. The summed E-state index contributed by atoms with van der Waals surface area (Å²) in [6.45, 7) is 4.91. The van der Waals surface area contributed by atoms with E-state index in [2.05, 4.69) is 28.0 Å². The maximum Gasteiger partial charge on any atom is 0.306 e. The van der Waals surface area contributed by atoms with Gasteiger partial charge in [-0.25, -0.2) is 0 Å². The van der Waals surface area contributed by atoms with Crippen molar-refractivity contribution in [3.05, 3.63) is 23.8 Å². The zero-order valence-electron chi connectivity index (χ0n) is 13.8. The largest absolute Gasteiger partial charge is 0.495 e. The quantitative estimate of drug-likeness (QED) is 0.904. The van der Waals surface area contributed by atoms with E-state index in [0.29, 0.717) is 12.8 Å². The number of hydrogen-bond donors (Lipinski definition) is 1. The molecule has 0 spiro atoms. The normalized spacial score (nSPS) is 20.0. The number of benzene rings is 1. The monoisotopic (exact) mass is 318 g/mol. The first-order valence-electron chi connectivity index (χ1n) is 8.54. The topological polar surface area (TPSA) is 53.0 Å². The second-order valence-corrected chi connectivity index (χ2v) is 6.59. The van der Waals surface area contributed by atoms with Crippen molar-refractivity contribution in [2.75, 3.05) is 38.2 Å². The Morgan fingerprint density at radius 1 is 1.22 bits per heavy atom. The van der Waals surface area contributed by atoms with Crippen LogP contribution in [0.1, 0.15) is 31.2 Å². The fourth-order valence-corrected chi connectivity index (χ4v) is 3.65. The van der Waals surface area contributed by atoms with Crippen LogP contribution >= 0.6 is 0 Å². The van der Waals surface area contributed by atoms with Gasteiger partial charge in [0.25, 0.3) is 0 Å². The Morgan fingerprint density at radius 2 is 1.91 bits per heavy atom. The Hall–Kier alpha value is -1.75. The molecular weight excluding hydrogens is 292 g/mol. The number of carbonyl (C=O) groups is 1. The first-order valence-corrected chi connectivity index (χ1v) is 8.54. The van der Waals surface area contributed by atoms with Crippen molar-refractivity contribution in [3.63, 3.8) is 0 Å². The van der Waals surface area contributed by atoms with E-state index in [1.807, 2.05) is 0 Å². The molecule has 5 heteroatoms. The molecule has 2 aliphatic rings. The summed E-state index contributed by atoms with van der Waals surface area (Å²) in [4.78, 5) is 15.8. The summed E-state index contributed by atoms with van der Waals surface area (Å²) in [6.07, 6.45) is 4.00. The molecule has 1 N–H and O–H groups in total. The SMILES string of the molecule is COc1cc(CN2CCCC2)ccc1N1CCC(C(=O)O)CC1. The third-order valence-electron chi connectivity index (χ3n) is 5.03. The smallest absolute Gasteiger partial charge is 0.306 e. The Labute approximate surface area is 137 Å². The number of hydrogen-bond acceptors (Lipinski definition) is 4. The average Bonchev–Trinajstić information content (AvgIpc) is 3.08. The third kappa shape index (κ3) is 3.78. The highest BCUT2D eigenvalue weighted by Crippen LogP contribution is 2.33. The lowest BCUT2D eigenvalue weighted by molar-refractivity contribution is -0.142. The lowest BCUT2D eigenvalue weighted by atomic mass is 9.96. The van der Waals surface area contributed by atoms with E-state index in [0.717, 1.165) is 31.1 Å². The molecule has 2 fully saturated rings. The number of rotatable bonds is 5. The number of carboxylic acid groups (broad SMARTS) is 1. The number of methoxy groups -OCH3 is 1.